The number of anilines is 2. The minimum atomic E-state index is -0.567. The highest BCUT2D eigenvalue weighted by atomic mass is 16.5. The van der Waals surface area contributed by atoms with Crippen molar-refractivity contribution in [1.29, 1.82) is 0 Å². The van der Waals surface area contributed by atoms with Gasteiger partial charge in [-0.25, -0.2) is 9.78 Å². The number of pyridine rings is 1. The zero-order valence-corrected chi connectivity index (χ0v) is 16.3. The van der Waals surface area contributed by atoms with Crippen LogP contribution in [-0.2, 0) is 4.74 Å². The monoisotopic (exact) mass is 402 g/mol. The molecule has 0 aliphatic rings. The zero-order chi connectivity index (χ0) is 21.1. The third-order valence-electron chi connectivity index (χ3n) is 4.51. The molecule has 2 heterocycles. The van der Waals surface area contributed by atoms with Crippen molar-refractivity contribution in [3.63, 3.8) is 0 Å². The number of amides is 2. The van der Waals surface area contributed by atoms with Crippen LogP contribution in [0.2, 0.25) is 0 Å². The Labute approximate surface area is 171 Å². The normalized spacial score (nSPS) is 10.6. The molecule has 0 fully saturated rings. The second kappa shape index (κ2) is 8.04. The van der Waals surface area contributed by atoms with E-state index in [1.807, 2.05) is 30.3 Å². The van der Waals surface area contributed by atoms with Gasteiger partial charge in [0.1, 0.15) is 0 Å². The van der Waals surface area contributed by atoms with Gasteiger partial charge < -0.3 is 14.6 Å². The molecular formula is C22H18N4O4. The van der Waals surface area contributed by atoms with Crippen LogP contribution < -0.4 is 10.6 Å². The van der Waals surface area contributed by atoms with Crippen LogP contribution in [-0.4, -0.2) is 29.3 Å². The van der Waals surface area contributed by atoms with Crippen LogP contribution in [0, 0.1) is 6.92 Å². The van der Waals surface area contributed by atoms with Gasteiger partial charge in [0, 0.05) is 16.9 Å². The summed E-state index contributed by atoms with van der Waals surface area (Å²) >= 11 is 0. The summed E-state index contributed by atoms with van der Waals surface area (Å²) in [6.07, 6.45) is -0.567. The second-order valence-corrected chi connectivity index (χ2v) is 6.52. The number of ether oxygens (including phenoxy) is 1. The SMILES string of the molecule is COC(=O)Nc1ccc(NC(=O)c2cc(-c3ccccc3)nc3onc(C)c23)cc1. The Morgan fingerprint density at radius 2 is 1.63 bits per heavy atom. The molecule has 0 saturated heterocycles. The van der Waals surface area contributed by atoms with Gasteiger partial charge in [-0.3, -0.25) is 10.1 Å². The van der Waals surface area contributed by atoms with Gasteiger partial charge in [0.15, 0.2) is 0 Å². The summed E-state index contributed by atoms with van der Waals surface area (Å²) in [4.78, 5) is 28.9. The quantitative estimate of drug-likeness (QED) is 0.515. The van der Waals surface area contributed by atoms with Gasteiger partial charge in [0.25, 0.3) is 11.6 Å². The van der Waals surface area contributed by atoms with Gasteiger partial charge in [0.2, 0.25) is 0 Å². The number of methoxy groups -OCH3 is 1. The number of carbonyl (C=O) groups excluding carboxylic acids is 2. The Morgan fingerprint density at radius 3 is 2.30 bits per heavy atom. The van der Waals surface area contributed by atoms with Gasteiger partial charge >= 0.3 is 6.09 Å². The maximum absolute atomic E-state index is 13.1. The fourth-order valence-electron chi connectivity index (χ4n) is 3.03. The molecule has 0 aliphatic carbocycles. The van der Waals surface area contributed by atoms with Crippen molar-refractivity contribution in [2.24, 2.45) is 0 Å². The molecular weight excluding hydrogens is 384 g/mol. The molecule has 2 N–H and O–H groups in total. The highest BCUT2D eigenvalue weighted by Gasteiger charge is 2.19. The minimum absolute atomic E-state index is 0.302. The molecule has 2 aromatic heterocycles. The van der Waals surface area contributed by atoms with Crippen molar-refractivity contribution in [1.82, 2.24) is 10.1 Å². The molecule has 4 rings (SSSR count). The fourth-order valence-corrected chi connectivity index (χ4v) is 3.03. The first-order chi connectivity index (χ1) is 14.5. The number of benzene rings is 2. The Hall–Kier alpha value is -4.20. The van der Waals surface area contributed by atoms with Crippen LogP contribution in [0.15, 0.2) is 65.2 Å². The molecule has 0 radical (unpaired) electrons. The van der Waals surface area contributed by atoms with E-state index < -0.39 is 6.09 Å². The molecule has 2 amide bonds. The van der Waals surface area contributed by atoms with E-state index in [-0.39, 0.29) is 5.91 Å². The number of aromatic nitrogens is 2. The first-order valence-corrected chi connectivity index (χ1v) is 9.14. The minimum Gasteiger partial charge on any atom is -0.453 e. The van der Waals surface area contributed by atoms with Crippen molar-refractivity contribution in [2.45, 2.75) is 6.92 Å². The number of rotatable bonds is 4. The summed E-state index contributed by atoms with van der Waals surface area (Å²) in [7, 11) is 1.29. The third kappa shape index (κ3) is 3.83. The zero-order valence-electron chi connectivity index (χ0n) is 16.3. The number of hydrogen-bond acceptors (Lipinski definition) is 6. The maximum Gasteiger partial charge on any atom is 0.411 e. The summed E-state index contributed by atoms with van der Waals surface area (Å²) in [6, 6.07) is 17.9. The molecule has 0 saturated carbocycles. The lowest BCUT2D eigenvalue weighted by atomic mass is 10.0. The van der Waals surface area contributed by atoms with Crippen molar-refractivity contribution in [3.05, 3.63) is 71.9 Å². The summed E-state index contributed by atoms with van der Waals surface area (Å²) in [5.41, 5.74) is 3.89. The standard InChI is InChI=1S/C22H18N4O4/c1-13-19-17(12-18(25-21(19)30-26-13)14-6-4-3-5-7-14)20(27)23-15-8-10-16(11-9-15)24-22(28)29-2/h3-12H,1-2H3,(H,23,27)(H,24,28). The van der Waals surface area contributed by atoms with Crippen LogP contribution >= 0.6 is 0 Å². The molecule has 0 spiro atoms. The van der Waals surface area contributed by atoms with E-state index in [1.165, 1.54) is 7.11 Å². The Kier molecular flexibility index (Phi) is 5.13. The van der Waals surface area contributed by atoms with E-state index in [9.17, 15) is 9.59 Å². The van der Waals surface area contributed by atoms with Crippen LogP contribution in [0.5, 0.6) is 0 Å². The van der Waals surface area contributed by atoms with E-state index in [4.69, 9.17) is 4.52 Å². The van der Waals surface area contributed by atoms with E-state index in [2.05, 4.69) is 25.5 Å². The highest BCUT2D eigenvalue weighted by molar-refractivity contribution is 6.13. The van der Waals surface area contributed by atoms with Crippen molar-refractivity contribution in [2.75, 3.05) is 17.7 Å². The van der Waals surface area contributed by atoms with Crippen molar-refractivity contribution in [3.8, 4) is 11.3 Å². The van der Waals surface area contributed by atoms with E-state index in [1.54, 1.807) is 37.3 Å². The first-order valence-electron chi connectivity index (χ1n) is 9.14. The van der Waals surface area contributed by atoms with Crippen LogP contribution in [0.3, 0.4) is 0 Å². The van der Waals surface area contributed by atoms with Crippen molar-refractivity contribution < 1.29 is 18.8 Å². The molecule has 30 heavy (non-hydrogen) atoms. The summed E-state index contributed by atoms with van der Waals surface area (Å²) < 4.78 is 9.88. The first kappa shape index (κ1) is 19.1. The maximum atomic E-state index is 13.1. The molecule has 0 unspecified atom stereocenters. The molecule has 0 aliphatic heterocycles. The van der Waals surface area contributed by atoms with E-state index in [0.29, 0.717) is 39.4 Å². The average molecular weight is 402 g/mol. The number of nitrogens with one attached hydrogen (secondary N) is 2. The molecule has 4 aromatic rings. The smallest absolute Gasteiger partial charge is 0.411 e. The highest BCUT2D eigenvalue weighted by Crippen LogP contribution is 2.27. The molecule has 8 heteroatoms. The molecule has 150 valence electrons. The third-order valence-corrected chi connectivity index (χ3v) is 4.51. The van der Waals surface area contributed by atoms with Gasteiger partial charge in [0.05, 0.1) is 29.4 Å². The van der Waals surface area contributed by atoms with Crippen LogP contribution in [0.25, 0.3) is 22.4 Å². The summed E-state index contributed by atoms with van der Waals surface area (Å²) in [5, 5.41) is 9.94. The Bertz CT molecular complexity index is 1220. The van der Waals surface area contributed by atoms with Gasteiger partial charge in [-0.05, 0) is 37.3 Å². The van der Waals surface area contributed by atoms with Gasteiger partial charge in [-0.15, -0.1) is 0 Å². The van der Waals surface area contributed by atoms with Gasteiger partial charge in [-0.2, -0.15) is 0 Å². The molecule has 0 bridgehead atoms. The Balaban J connectivity index is 1.65. The predicted octanol–water partition coefficient (Wildman–Crippen LogP) is 4.63. The van der Waals surface area contributed by atoms with Crippen LogP contribution in [0.4, 0.5) is 16.2 Å². The number of fused-ring (bicyclic) bond motifs is 1. The molecule has 8 nitrogen and oxygen atoms in total. The van der Waals surface area contributed by atoms with Crippen molar-refractivity contribution >= 4 is 34.5 Å². The average Bonchev–Trinajstić information content (AvgIpc) is 3.15. The molecule has 2 aromatic carbocycles. The molecule has 0 atom stereocenters. The topological polar surface area (TPSA) is 106 Å². The lowest BCUT2D eigenvalue weighted by Gasteiger charge is -2.09. The largest absolute Gasteiger partial charge is 0.453 e. The number of aryl methyl sites for hydroxylation is 1. The lowest BCUT2D eigenvalue weighted by Crippen LogP contribution is -2.14. The second-order valence-electron chi connectivity index (χ2n) is 6.52. The lowest BCUT2D eigenvalue weighted by molar-refractivity contribution is 0.102. The van der Waals surface area contributed by atoms with Gasteiger partial charge in [-0.1, -0.05) is 35.5 Å². The van der Waals surface area contributed by atoms with E-state index >= 15 is 0 Å². The predicted molar refractivity (Wildman–Crippen MR) is 112 cm³/mol. The van der Waals surface area contributed by atoms with E-state index in [0.717, 1.165) is 5.56 Å². The number of carbonyl (C=O) groups is 2. The number of nitrogens with zero attached hydrogens (tertiary/aromatic N) is 2. The Morgan fingerprint density at radius 1 is 0.967 bits per heavy atom. The fraction of sp³-hybridized carbons (Fsp3) is 0.0909. The summed E-state index contributed by atoms with van der Waals surface area (Å²) in [6.45, 7) is 1.76. The summed E-state index contributed by atoms with van der Waals surface area (Å²) in [5.74, 6) is -0.320. The number of hydrogen-bond donors (Lipinski definition) is 2. The van der Waals surface area contributed by atoms with Crippen LogP contribution in [0.1, 0.15) is 16.1 Å².